The van der Waals surface area contributed by atoms with Gasteiger partial charge in [-0.15, -0.1) is 0 Å². The Hall–Kier alpha value is -1.88. The van der Waals surface area contributed by atoms with Crippen LogP contribution in [0.5, 0.6) is 0 Å². The maximum absolute atomic E-state index is 10.9. The highest BCUT2D eigenvalue weighted by Gasteiger charge is 2.04. The SMILES string of the molecule is NCC(=O)Nc1cccc(C(=O)O)c1. The summed E-state index contributed by atoms with van der Waals surface area (Å²) < 4.78 is 0. The zero-order valence-corrected chi connectivity index (χ0v) is 7.36. The van der Waals surface area contributed by atoms with Crippen molar-refractivity contribution in [1.29, 1.82) is 0 Å². The van der Waals surface area contributed by atoms with Crippen LogP contribution < -0.4 is 11.1 Å². The van der Waals surface area contributed by atoms with Gasteiger partial charge in [0.05, 0.1) is 12.1 Å². The first-order valence-electron chi connectivity index (χ1n) is 3.97. The average molecular weight is 194 g/mol. The summed E-state index contributed by atoms with van der Waals surface area (Å²) in [6, 6.07) is 5.96. The molecule has 0 fully saturated rings. The first-order valence-corrected chi connectivity index (χ1v) is 3.97. The van der Waals surface area contributed by atoms with Crippen LogP contribution in [0.1, 0.15) is 10.4 Å². The molecule has 0 aliphatic heterocycles. The zero-order valence-electron chi connectivity index (χ0n) is 7.36. The number of carbonyl (C=O) groups is 2. The number of carboxylic acids is 1. The number of hydrogen-bond donors (Lipinski definition) is 3. The number of carbonyl (C=O) groups excluding carboxylic acids is 1. The smallest absolute Gasteiger partial charge is 0.335 e. The third-order valence-electron chi connectivity index (χ3n) is 1.58. The molecule has 1 aromatic carbocycles. The van der Waals surface area contributed by atoms with Gasteiger partial charge in [-0.3, -0.25) is 4.79 Å². The molecule has 0 aliphatic carbocycles. The lowest BCUT2D eigenvalue weighted by Gasteiger charge is -2.03. The van der Waals surface area contributed by atoms with E-state index < -0.39 is 5.97 Å². The molecule has 5 heteroatoms. The standard InChI is InChI=1S/C9H10N2O3/c10-5-8(12)11-7-3-1-2-6(4-7)9(13)14/h1-4H,5,10H2,(H,11,12)(H,13,14). The lowest BCUT2D eigenvalue weighted by Crippen LogP contribution is -2.21. The summed E-state index contributed by atoms with van der Waals surface area (Å²) in [5.74, 6) is -1.39. The number of amides is 1. The van der Waals surface area contributed by atoms with Crippen molar-refractivity contribution < 1.29 is 14.7 Å². The van der Waals surface area contributed by atoms with E-state index in [2.05, 4.69) is 5.32 Å². The third kappa shape index (κ3) is 2.56. The lowest BCUT2D eigenvalue weighted by molar-refractivity contribution is -0.114. The van der Waals surface area contributed by atoms with Crippen molar-refractivity contribution >= 4 is 17.6 Å². The van der Waals surface area contributed by atoms with Gasteiger partial charge in [0, 0.05) is 5.69 Å². The largest absolute Gasteiger partial charge is 0.478 e. The van der Waals surface area contributed by atoms with Crippen LogP contribution in [0.4, 0.5) is 5.69 Å². The predicted molar refractivity (Wildman–Crippen MR) is 51.1 cm³/mol. The van der Waals surface area contributed by atoms with Gasteiger partial charge in [-0.1, -0.05) is 6.07 Å². The fourth-order valence-electron chi connectivity index (χ4n) is 0.942. The Bertz CT molecular complexity index is 363. The molecule has 0 aliphatic rings. The number of benzene rings is 1. The Morgan fingerprint density at radius 2 is 2.14 bits per heavy atom. The molecule has 0 bridgehead atoms. The topological polar surface area (TPSA) is 92.4 Å². The van der Waals surface area contributed by atoms with Crippen molar-refractivity contribution in [2.45, 2.75) is 0 Å². The molecule has 0 radical (unpaired) electrons. The van der Waals surface area contributed by atoms with Crippen LogP contribution >= 0.6 is 0 Å². The molecule has 0 saturated heterocycles. The van der Waals surface area contributed by atoms with Crippen molar-refractivity contribution in [3.63, 3.8) is 0 Å². The maximum Gasteiger partial charge on any atom is 0.335 e. The number of nitrogens with one attached hydrogen (secondary N) is 1. The average Bonchev–Trinajstić information content (AvgIpc) is 2.18. The van der Waals surface area contributed by atoms with Crippen LogP contribution in [0.2, 0.25) is 0 Å². The van der Waals surface area contributed by atoms with E-state index in [9.17, 15) is 9.59 Å². The summed E-state index contributed by atoms with van der Waals surface area (Å²) in [6.07, 6.45) is 0. The Kier molecular flexibility index (Phi) is 3.19. The van der Waals surface area contributed by atoms with Gasteiger partial charge in [0.15, 0.2) is 0 Å². The minimum Gasteiger partial charge on any atom is -0.478 e. The van der Waals surface area contributed by atoms with Gasteiger partial charge in [-0.25, -0.2) is 4.79 Å². The second-order valence-corrected chi connectivity index (χ2v) is 2.64. The quantitative estimate of drug-likeness (QED) is 0.644. The highest BCUT2D eigenvalue weighted by molar-refractivity contribution is 5.94. The second-order valence-electron chi connectivity index (χ2n) is 2.64. The van der Waals surface area contributed by atoms with Gasteiger partial charge >= 0.3 is 5.97 Å². The number of anilines is 1. The second kappa shape index (κ2) is 4.38. The number of hydrogen-bond acceptors (Lipinski definition) is 3. The molecule has 0 aromatic heterocycles. The molecule has 1 aromatic rings. The molecule has 0 heterocycles. The van der Waals surface area contributed by atoms with E-state index in [4.69, 9.17) is 10.8 Å². The van der Waals surface area contributed by atoms with Gasteiger partial charge < -0.3 is 16.2 Å². The molecule has 74 valence electrons. The molecule has 0 saturated carbocycles. The number of carboxylic acid groups (broad SMARTS) is 1. The summed E-state index contributed by atoms with van der Waals surface area (Å²) in [5.41, 5.74) is 5.65. The Morgan fingerprint density at radius 1 is 1.43 bits per heavy atom. The van der Waals surface area contributed by atoms with Crippen molar-refractivity contribution in [3.05, 3.63) is 29.8 Å². The van der Waals surface area contributed by atoms with Gasteiger partial charge in [0.25, 0.3) is 0 Å². The fourth-order valence-corrected chi connectivity index (χ4v) is 0.942. The van der Waals surface area contributed by atoms with Gasteiger partial charge in [0.1, 0.15) is 0 Å². The molecular weight excluding hydrogens is 184 g/mol. The summed E-state index contributed by atoms with van der Waals surface area (Å²) in [7, 11) is 0. The lowest BCUT2D eigenvalue weighted by atomic mass is 10.2. The maximum atomic E-state index is 10.9. The van der Waals surface area contributed by atoms with E-state index in [1.54, 1.807) is 12.1 Å². The highest BCUT2D eigenvalue weighted by Crippen LogP contribution is 2.10. The van der Waals surface area contributed by atoms with Crippen LogP contribution in [0.15, 0.2) is 24.3 Å². The molecule has 4 N–H and O–H groups in total. The molecule has 0 unspecified atom stereocenters. The number of aromatic carboxylic acids is 1. The first-order chi connectivity index (χ1) is 6.63. The molecular formula is C9H10N2O3. The molecule has 0 spiro atoms. The molecule has 1 amide bonds. The van der Waals surface area contributed by atoms with Crippen LogP contribution in [0, 0.1) is 0 Å². The van der Waals surface area contributed by atoms with E-state index in [-0.39, 0.29) is 18.0 Å². The van der Waals surface area contributed by atoms with Crippen molar-refractivity contribution in [2.24, 2.45) is 5.73 Å². The molecule has 0 atom stereocenters. The van der Waals surface area contributed by atoms with Crippen molar-refractivity contribution in [2.75, 3.05) is 11.9 Å². The van der Waals surface area contributed by atoms with Crippen LogP contribution in [-0.4, -0.2) is 23.5 Å². The minimum atomic E-state index is -1.03. The predicted octanol–water partition coefficient (Wildman–Crippen LogP) is 0.282. The summed E-state index contributed by atoms with van der Waals surface area (Å²) in [5, 5.41) is 11.1. The first kappa shape index (κ1) is 10.2. The van der Waals surface area contributed by atoms with E-state index in [1.165, 1.54) is 12.1 Å². The van der Waals surface area contributed by atoms with Gasteiger partial charge in [-0.05, 0) is 18.2 Å². The Balaban J connectivity index is 2.83. The monoisotopic (exact) mass is 194 g/mol. The van der Waals surface area contributed by atoms with E-state index in [0.29, 0.717) is 5.69 Å². The summed E-state index contributed by atoms with van der Waals surface area (Å²) in [4.78, 5) is 21.4. The fraction of sp³-hybridized carbons (Fsp3) is 0.111. The number of rotatable bonds is 3. The van der Waals surface area contributed by atoms with Crippen molar-refractivity contribution in [3.8, 4) is 0 Å². The van der Waals surface area contributed by atoms with Crippen LogP contribution in [0.25, 0.3) is 0 Å². The van der Waals surface area contributed by atoms with Gasteiger partial charge in [0.2, 0.25) is 5.91 Å². The van der Waals surface area contributed by atoms with Gasteiger partial charge in [-0.2, -0.15) is 0 Å². The summed E-state index contributed by atoms with van der Waals surface area (Å²) in [6.45, 7) is -0.128. The van der Waals surface area contributed by atoms with Crippen LogP contribution in [0.3, 0.4) is 0 Å². The zero-order chi connectivity index (χ0) is 10.6. The molecule has 14 heavy (non-hydrogen) atoms. The van der Waals surface area contributed by atoms with E-state index in [1.807, 2.05) is 0 Å². The molecule has 1 rings (SSSR count). The Morgan fingerprint density at radius 3 is 2.71 bits per heavy atom. The van der Waals surface area contributed by atoms with E-state index >= 15 is 0 Å². The normalized spacial score (nSPS) is 9.50. The van der Waals surface area contributed by atoms with E-state index in [0.717, 1.165) is 0 Å². The Labute approximate surface area is 80.5 Å². The summed E-state index contributed by atoms with van der Waals surface area (Å²) >= 11 is 0. The number of nitrogens with two attached hydrogens (primary N) is 1. The highest BCUT2D eigenvalue weighted by atomic mass is 16.4. The van der Waals surface area contributed by atoms with Crippen LogP contribution in [-0.2, 0) is 4.79 Å². The molecule has 5 nitrogen and oxygen atoms in total. The minimum absolute atomic E-state index is 0.125. The van der Waals surface area contributed by atoms with Crippen molar-refractivity contribution in [1.82, 2.24) is 0 Å². The third-order valence-corrected chi connectivity index (χ3v) is 1.58.